The topological polar surface area (TPSA) is 29.9 Å². The fourth-order valence-corrected chi connectivity index (χ4v) is 3.68. The van der Waals surface area contributed by atoms with Crippen LogP contribution in [0.25, 0.3) is 0 Å². The van der Waals surface area contributed by atoms with E-state index in [0.717, 1.165) is 6.54 Å². The smallest absolute Gasteiger partial charge is 0.0531 e. The van der Waals surface area contributed by atoms with E-state index in [2.05, 4.69) is 41.9 Å². The third-order valence-corrected chi connectivity index (χ3v) is 4.89. The van der Waals surface area contributed by atoms with Crippen molar-refractivity contribution in [2.75, 3.05) is 6.54 Å². The number of hydrogen-bond acceptors (Lipinski definition) is 3. The highest BCUT2D eigenvalue weighted by molar-refractivity contribution is 7.10. The van der Waals surface area contributed by atoms with E-state index in [0.29, 0.717) is 6.04 Å². The van der Waals surface area contributed by atoms with E-state index in [4.69, 9.17) is 0 Å². The number of nitrogens with zero attached hydrogens (tertiary/aromatic N) is 2. The van der Waals surface area contributed by atoms with Crippen molar-refractivity contribution >= 4 is 11.3 Å². The molecule has 0 saturated carbocycles. The van der Waals surface area contributed by atoms with Crippen molar-refractivity contribution in [3.8, 4) is 0 Å². The van der Waals surface area contributed by atoms with E-state index in [1.54, 1.807) is 0 Å². The van der Waals surface area contributed by atoms with Crippen LogP contribution in [0.5, 0.6) is 0 Å². The molecule has 3 nitrogen and oxygen atoms in total. The molecule has 3 heterocycles. The maximum absolute atomic E-state index is 4.31. The first-order valence-electron chi connectivity index (χ1n) is 5.91. The molecule has 2 unspecified atom stereocenters. The molecule has 2 atom stereocenters. The molecule has 0 fully saturated rings. The molecule has 0 saturated heterocycles. The molecule has 1 N–H and O–H groups in total. The maximum atomic E-state index is 4.31. The minimum atomic E-state index is 0.0517. The standard InChI is InChI=1S/C13H17N3S/c1-9-12-11(4-5-17-12)13(2,8-14-9)10-6-15-16(3)7-10/h4-7,9,14H,8H2,1-3H3. The molecule has 2 aromatic rings. The lowest BCUT2D eigenvalue weighted by Crippen LogP contribution is -2.42. The van der Waals surface area contributed by atoms with Crippen LogP contribution in [0.2, 0.25) is 0 Å². The Balaban J connectivity index is 2.14. The Morgan fingerprint density at radius 3 is 3.12 bits per heavy atom. The summed E-state index contributed by atoms with van der Waals surface area (Å²) in [5.41, 5.74) is 2.80. The van der Waals surface area contributed by atoms with Gasteiger partial charge in [-0.25, -0.2) is 0 Å². The van der Waals surface area contributed by atoms with Crippen molar-refractivity contribution in [3.63, 3.8) is 0 Å². The van der Waals surface area contributed by atoms with Crippen LogP contribution < -0.4 is 5.32 Å². The molecule has 2 aromatic heterocycles. The van der Waals surface area contributed by atoms with Crippen molar-refractivity contribution in [2.24, 2.45) is 7.05 Å². The summed E-state index contributed by atoms with van der Waals surface area (Å²) in [6.45, 7) is 5.51. The normalized spacial score (nSPS) is 28.1. The number of thiophene rings is 1. The first kappa shape index (κ1) is 11.0. The average molecular weight is 247 g/mol. The minimum Gasteiger partial charge on any atom is -0.308 e. The molecular weight excluding hydrogens is 230 g/mol. The third kappa shape index (κ3) is 1.55. The van der Waals surface area contributed by atoms with Crippen LogP contribution >= 0.6 is 11.3 Å². The van der Waals surface area contributed by atoms with Gasteiger partial charge in [0.25, 0.3) is 0 Å². The quantitative estimate of drug-likeness (QED) is 0.839. The number of nitrogens with one attached hydrogen (secondary N) is 1. The summed E-state index contributed by atoms with van der Waals surface area (Å²) < 4.78 is 1.88. The van der Waals surface area contributed by atoms with Crippen molar-refractivity contribution in [2.45, 2.75) is 25.3 Å². The fraction of sp³-hybridized carbons (Fsp3) is 0.462. The van der Waals surface area contributed by atoms with Gasteiger partial charge >= 0.3 is 0 Å². The fourth-order valence-electron chi connectivity index (χ4n) is 2.62. The molecule has 3 rings (SSSR count). The number of hydrogen-bond donors (Lipinski definition) is 1. The van der Waals surface area contributed by atoms with Crippen LogP contribution in [0.1, 0.15) is 35.9 Å². The van der Waals surface area contributed by atoms with Gasteiger partial charge in [0.2, 0.25) is 0 Å². The van der Waals surface area contributed by atoms with Gasteiger partial charge in [0.15, 0.2) is 0 Å². The lowest BCUT2D eigenvalue weighted by atomic mass is 9.75. The summed E-state index contributed by atoms with van der Waals surface area (Å²) >= 11 is 1.85. The van der Waals surface area contributed by atoms with Crippen LogP contribution in [0.15, 0.2) is 23.8 Å². The van der Waals surface area contributed by atoms with Gasteiger partial charge in [0.05, 0.1) is 6.20 Å². The van der Waals surface area contributed by atoms with Gasteiger partial charge in [-0.3, -0.25) is 4.68 Å². The summed E-state index contributed by atoms with van der Waals surface area (Å²) in [6, 6.07) is 2.74. The summed E-state index contributed by atoms with van der Waals surface area (Å²) in [7, 11) is 1.97. The van der Waals surface area contributed by atoms with Gasteiger partial charge in [-0.1, -0.05) is 6.92 Å². The highest BCUT2D eigenvalue weighted by Gasteiger charge is 2.37. The van der Waals surface area contributed by atoms with E-state index in [-0.39, 0.29) is 5.41 Å². The minimum absolute atomic E-state index is 0.0517. The van der Waals surface area contributed by atoms with E-state index >= 15 is 0 Å². The summed E-state index contributed by atoms with van der Waals surface area (Å²) in [6.07, 6.45) is 4.11. The van der Waals surface area contributed by atoms with Crippen LogP contribution in [-0.4, -0.2) is 16.3 Å². The van der Waals surface area contributed by atoms with Crippen molar-refractivity contribution < 1.29 is 0 Å². The zero-order valence-corrected chi connectivity index (χ0v) is 11.2. The SMILES string of the molecule is CC1NCC(C)(c2cnn(C)c2)c2ccsc21. The van der Waals surface area contributed by atoms with Gasteiger partial charge in [0, 0.05) is 41.7 Å². The predicted molar refractivity (Wildman–Crippen MR) is 70.4 cm³/mol. The molecule has 0 aromatic carbocycles. The Hall–Kier alpha value is -1.13. The number of aryl methyl sites for hydroxylation is 1. The summed E-state index contributed by atoms with van der Waals surface area (Å²) in [4.78, 5) is 1.46. The third-order valence-electron chi connectivity index (χ3n) is 3.79. The predicted octanol–water partition coefficient (Wildman–Crippen LogP) is 2.45. The Kier molecular flexibility index (Phi) is 2.38. The van der Waals surface area contributed by atoms with E-state index < -0.39 is 0 Å². The van der Waals surface area contributed by atoms with Crippen molar-refractivity contribution in [1.82, 2.24) is 15.1 Å². The molecule has 17 heavy (non-hydrogen) atoms. The van der Waals surface area contributed by atoms with Crippen LogP contribution in [0.3, 0.4) is 0 Å². The Morgan fingerprint density at radius 1 is 1.59 bits per heavy atom. The molecule has 0 spiro atoms. The lowest BCUT2D eigenvalue weighted by molar-refractivity contribution is 0.425. The summed E-state index contributed by atoms with van der Waals surface area (Å²) in [5.74, 6) is 0. The molecule has 0 aliphatic carbocycles. The number of aromatic nitrogens is 2. The number of fused-ring (bicyclic) bond motifs is 1. The van der Waals surface area contributed by atoms with E-state index in [9.17, 15) is 0 Å². The van der Waals surface area contributed by atoms with E-state index in [1.165, 1.54) is 16.0 Å². The highest BCUT2D eigenvalue weighted by Crippen LogP contribution is 2.41. The average Bonchev–Trinajstić information content (AvgIpc) is 2.92. The Labute approximate surface area is 105 Å². The molecule has 1 aliphatic heterocycles. The molecule has 4 heteroatoms. The second-order valence-corrected chi connectivity index (χ2v) is 5.98. The lowest BCUT2D eigenvalue weighted by Gasteiger charge is -2.36. The van der Waals surface area contributed by atoms with Crippen LogP contribution in [0, 0.1) is 0 Å². The van der Waals surface area contributed by atoms with Gasteiger partial charge in [-0.05, 0) is 23.9 Å². The molecule has 0 amide bonds. The van der Waals surface area contributed by atoms with Gasteiger partial charge in [-0.2, -0.15) is 5.10 Å². The first-order chi connectivity index (χ1) is 8.11. The molecule has 0 bridgehead atoms. The first-order valence-corrected chi connectivity index (χ1v) is 6.79. The largest absolute Gasteiger partial charge is 0.308 e. The molecule has 1 aliphatic rings. The van der Waals surface area contributed by atoms with Crippen molar-refractivity contribution in [3.05, 3.63) is 39.8 Å². The maximum Gasteiger partial charge on any atom is 0.0531 e. The van der Waals surface area contributed by atoms with Gasteiger partial charge < -0.3 is 5.32 Å². The molecular formula is C13H17N3S. The van der Waals surface area contributed by atoms with Crippen molar-refractivity contribution in [1.29, 1.82) is 0 Å². The highest BCUT2D eigenvalue weighted by atomic mass is 32.1. The second kappa shape index (κ2) is 3.68. The second-order valence-electron chi connectivity index (χ2n) is 5.04. The summed E-state index contributed by atoms with van der Waals surface area (Å²) in [5, 5.41) is 10.1. The van der Waals surface area contributed by atoms with E-state index in [1.807, 2.05) is 29.3 Å². The van der Waals surface area contributed by atoms with Gasteiger partial charge in [-0.15, -0.1) is 11.3 Å². The zero-order valence-electron chi connectivity index (χ0n) is 10.4. The molecule has 0 radical (unpaired) electrons. The number of rotatable bonds is 1. The Morgan fingerprint density at radius 2 is 2.41 bits per heavy atom. The van der Waals surface area contributed by atoms with Crippen LogP contribution in [-0.2, 0) is 12.5 Å². The molecule has 90 valence electrons. The zero-order chi connectivity index (χ0) is 12.0. The Bertz CT molecular complexity index is 542. The monoisotopic (exact) mass is 247 g/mol. The van der Waals surface area contributed by atoms with Gasteiger partial charge in [0.1, 0.15) is 0 Å². The van der Waals surface area contributed by atoms with Crippen LogP contribution in [0.4, 0.5) is 0 Å².